The number of benzene rings is 2. The quantitative estimate of drug-likeness (QED) is 0.394. The highest BCUT2D eigenvalue weighted by molar-refractivity contribution is 5.89. The van der Waals surface area contributed by atoms with E-state index in [1.54, 1.807) is 0 Å². The van der Waals surface area contributed by atoms with Crippen molar-refractivity contribution in [2.75, 3.05) is 5.32 Å². The van der Waals surface area contributed by atoms with Crippen LogP contribution in [-0.4, -0.2) is 20.6 Å². The first kappa shape index (κ1) is 20.7. The van der Waals surface area contributed by atoms with E-state index in [9.17, 15) is 0 Å². The molecule has 0 aliphatic rings. The van der Waals surface area contributed by atoms with Crippen molar-refractivity contribution >= 4 is 22.3 Å². The molecule has 4 aromatic rings. The van der Waals surface area contributed by atoms with Crippen molar-refractivity contribution in [2.24, 2.45) is 7.05 Å². The minimum atomic E-state index is 0. The molecular formula is C26H30N4O. The maximum Gasteiger partial charge on any atom is 0.130 e. The minimum Gasteiger partial charge on any atom is -0.491 e. The van der Waals surface area contributed by atoms with E-state index >= 15 is 0 Å². The fourth-order valence-electron chi connectivity index (χ4n) is 3.57. The third-order valence-corrected chi connectivity index (χ3v) is 5.33. The number of hydrogen-bond acceptors (Lipinski definition) is 4. The summed E-state index contributed by atoms with van der Waals surface area (Å²) in [6.45, 7) is 8.08. The van der Waals surface area contributed by atoms with E-state index in [0.29, 0.717) is 0 Å². The summed E-state index contributed by atoms with van der Waals surface area (Å²) in [5, 5.41) is 5.70. The van der Waals surface area contributed by atoms with Crippen molar-refractivity contribution in [1.82, 2.24) is 14.5 Å². The van der Waals surface area contributed by atoms with E-state index in [2.05, 4.69) is 62.3 Å². The third-order valence-electron chi connectivity index (χ3n) is 5.33. The predicted octanol–water partition coefficient (Wildman–Crippen LogP) is 6.45. The van der Waals surface area contributed by atoms with Crippen LogP contribution in [0.4, 0.5) is 5.82 Å². The zero-order valence-corrected chi connectivity index (χ0v) is 18.7. The van der Waals surface area contributed by atoms with Gasteiger partial charge < -0.3 is 14.6 Å². The molecule has 0 aliphatic carbocycles. The van der Waals surface area contributed by atoms with Gasteiger partial charge in [-0.2, -0.15) is 0 Å². The van der Waals surface area contributed by atoms with Crippen molar-refractivity contribution in [3.63, 3.8) is 0 Å². The molecule has 31 heavy (non-hydrogen) atoms. The number of rotatable bonds is 6. The van der Waals surface area contributed by atoms with E-state index in [-0.39, 0.29) is 7.53 Å². The van der Waals surface area contributed by atoms with Crippen LogP contribution >= 0.6 is 0 Å². The molecule has 0 saturated heterocycles. The summed E-state index contributed by atoms with van der Waals surface area (Å²) in [5.74, 6) is 2.67. The number of anilines is 1. The average Bonchev–Trinajstić information content (AvgIpc) is 3.10. The topological polar surface area (TPSA) is 52.0 Å². The van der Waals surface area contributed by atoms with Crippen LogP contribution in [0.25, 0.3) is 27.7 Å². The molecule has 0 amide bonds. The van der Waals surface area contributed by atoms with Crippen LogP contribution < -0.4 is 10.1 Å². The molecule has 0 saturated carbocycles. The van der Waals surface area contributed by atoms with Gasteiger partial charge in [0.05, 0.1) is 18.0 Å². The second-order valence-corrected chi connectivity index (χ2v) is 7.90. The molecule has 1 N–H and O–H groups in total. The molecule has 2 heterocycles. The number of nitrogens with zero attached hydrogens (tertiary/aromatic N) is 3. The van der Waals surface area contributed by atoms with Gasteiger partial charge in [0.2, 0.25) is 0 Å². The average molecular weight is 415 g/mol. The zero-order valence-electron chi connectivity index (χ0n) is 18.7. The lowest BCUT2D eigenvalue weighted by molar-refractivity contribution is 0.242. The number of hydrogen-bond donors (Lipinski definition) is 1. The van der Waals surface area contributed by atoms with Crippen LogP contribution in [0, 0.1) is 6.92 Å². The van der Waals surface area contributed by atoms with E-state index in [1.165, 1.54) is 0 Å². The summed E-state index contributed by atoms with van der Waals surface area (Å²) in [5.41, 5.74) is 4.32. The van der Waals surface area contributed by atoms with Gasteiger partial charge in [-0.1, -0.05) is 18.2 Å². The first-order valence-electron chi connectivity index (χ1n) is 10.5. The van der Waals surface area contributed by atoms with E-state index in [0.717, 1.165) is 50.7 Å². The van der Waals surface area contributed by atoms with Gasteiger partial charge in [0.15, 0.2) is 0 Å². The van der Waals surface area contributed by atoms with Crippen LogP contribution in [0.2, 0.25) is 0 Å². The van der Waals surface area contributed by atoms with Gasteiger partial charge in [0.1, 0.15) is 17.4 Å². The summed E-state index contributed by atoms with van der Waals surface area (Å²) in [7, 11) is 2.04. The van der Waals surface area contributed by atoms with Crippen molar-refractivity contribution in [3.8, 4) is 17.0 Å². The standard InChI is InChI=1S/C26H28N4O.H2/c1-6-24(19-9-11-23(12-10-19)31-17(2)3)29-26-14-22-13-20(7-8-21(22)15-28-26)25-16-27-18(4)30(25)5;/h6-17H,1-5H3,(H,28,29);1H/b24-6-;. The normalized spacial score (nSPS) is 11.9. The van der Waals surface area contributed by atoms with E-state index in [4.69, 9.17) is 4.74 Å². The highest BCUT2D eigenvalue weighted by Crippen LogP contribution is 2.27. The Labute approximate surface area is 184 Å². The van der Waals surface area contributed by atoms with Crippen molar-refractivity contribution in [3.05, 3.63) is 78.4 Å². The lowest BCUT2D eigenvalue weighted by Gasteiger charge is -2.13. The first-order chi connectivity index (χ1) is 14.9. The number of fused-ring (bicyclic) bond motifs is 1. The molecule has 2 aromatic carbocycles. The SMILES string of the molecule is C/C=C(\Nc1cc2cc(-c3cnc(C)n3C)ccc2cn1)c1ccc(OC(C)C)cc1.[HH]. The highest BCUT2D eigenvalue weighted by atomic mass is 16.5. The Hall–Kier alpha value is -3.60. The summed E-state index contributed by atoms with van der Waals surface area (Å²) >= 11 is 0. The molecular weight excluding hydrogens is 384 g/mol. The number of aromatic nitrogens is 3. The number of ether oxygens (including phenoxy) is 1. The molecule has 2 aromatic heterocycles. The Kier molecular flexibility index (Phi) is 5.76. The monoisotopic (exact) mass is 414 g/mol. The molecule has 0 fully saturated rings. The van der Waals surface area contributed by atoms with Gasteiger partial charge >= 0.3 is 0 Å². The van der Waals surface area contributed by atoms with Gasteiger partial charge in [-0.3, -0.25) is 0 Å². The molecule has 4 rings (SSSR count). The van der Waals surface area contributed by atoms with Crippen molar-refractivity contribution < 1.29 is 6.16 Å². The molecule has 0 aliphatic heterocycles. The van der Waals surface area contributed by atoms with Crippen molar-refractivity contribution in [2.45, 2.75) is 33.8 Å². The molecule has 0 unspecified atom stereocenters. The third kappa shape index (κ3) is 4.45. The zero-order chi connectivity index (χ0) is 22.0. The van der Waals surface area contributed by atoms with E-state index in [1.807, 2.05) is 59.3 Å². The summed E-state index contributed by atoms with van der Waals surface area (Å²) in [6, 6.07) is 16.6. The molecule has 0 radical (unpaired) electrons. The van der Waals surface area contributed by atoms with Crippen LogP contribution in [0.5, 0.6) is 5.75 Å². The van der Waals surface area contributed by atoms with Gasteiger partial charge in [-0.15, -0.1) is 0 Å². The fourth-order valence-corrected chi connectivity index (χ4v) is 3.57. The fraction of sp³-hybridized carbons (Fsp3) is 0.231. The Balaban J connectivity index is 0.00000289. The van der Waals surface area contributed by atoms with Crippen LogP contribution in [0.3, 0.4) is 0 Å². The Morgan fingerprint density at radius 3 is 2.45 bits per heavy atom. The highest BCUT2D eigenvalue weighted by Gasteiger charge is 2.08. The number of imidazole rings is 1. The van der Waals surface area contributed by atoms with Gasteiger partial charge in [0, 0.05) is 31.3 Å². The Bertz CT molecular complexity index is 1240. The lowest BCUT2D eigenvalue weighted by atomic mass is 10.1. The number of nitrogens with one attached hydrogen (secondary N) is 1. The molecule has 160 valence electrons. The number of aryl methyl sites for hydroxylation is 1. The predicted molar refractivity (Wildman–Crippen MR) is 130 cm³/mol. The molecule has 0 bridgehead atoms. The van der Waals surface area contributed by atoms with Gasteiger partial charge in [-0.25, -0.2) is 9.97 Å². The molecule has 0 atom stereocenters. The van der Waals surface area contributed by atoms with Crippen LogP contribution in [0.1, 0.15) is 33.6 Å². The molecule has 5 nitrogen and oxygen atoms in total. The first-order valence-corrected chi connectivity index (χ1v) is 10.5. The largest absolute Gasteiger partial charge is 0.491 e. The Morgan fingerprint density at radius 2 is 1.81 bits per heavy atom. The second kappa shape index (κ2) is 8.64. The molecule has 5 heteroatoms. The molecule has 0 spiro atoms. The second-order valence-electron chi connectivity index (χ2n) is 7.90. The number of allylic oxidation sites excluding steroid dienone is 1. The smallest absolute Gasteiger partial charge is 0.130 e. The summed E-state index contributed by atoms with van der Waals surface area (Å²) in [4.78, 5) is 9.02. The van der Waals surface area contributed by atoms with Crippen LogP contribution in [0.15, 0.2) is 67.0 Å². The maximum atomic E-state index is 5.75. The van der Waals surface area contributed by atoms with Gasteiger partial charge in [0.25, 0.3) is 0 Å². The lowest BCUT2D eigenvalue weighted by Crippen LogP contribution is -2.05. The van der Waals surface area contributed by atoms with Crippen molar-refractivity contribution in [1.29, 1.82) is 0 Å². The maximum absolute atomic E-state index is 5.75. The number of pyridine rings is 1. The summed E-state index contributed by atoms with van der Waals surface area (Å²) < 4.78 is 7.85. The van der Waals surface area contributed by atoms with E-state index < -0.39 is 0 Å². The minimum absolute atomic E-state index is 0. The Morgan fingerprint density at radius 1 is 1.03 bits per heavy atom. The van der Waals surface area contributed by atoms with Crippen LogP contribution in [-0.2, 0) is 7.05 Å². The summed E-state index contributed by atoms with van der Waals surface area (Å²) in [6.07, 6.45) is 6.04. The van der Waals surface area contributed by atoms with Gasteiger partial charge in [-0.05, 0) is 75.0 Å².